The zero-order chi connectivity index (χ0) is 22.0. The van der Waals surface area contributed by atoms with E-state index in [1.54, 1.807) is 25.1 Å². The predicted molar refractivity (Wildman–Crippen MR) is 114 cm³/mol. The highest BCUT2D eigenvalue weighted by molar-refractivity contribution is 6.01. The van der Waals surface area contributed by atoms with Crippen molar-refractivity contribution in [3.63, 3.8) is 0 Å². The first kappa shape index (κ1) is 20.8. The van der Waals surface area contributed by atoms with E-state index in [1.807, 2.05) is 35.2 Å². The number of ether oxygens (including phenoxy) is 1. The fourth-order valence-corrected chi connectivity index (χ4v) is 4.47. The number of hydrogen-bond acceptors (Lipinski definition) is 5. The Balaban J connectivity index is 1.61. The smallest absolute Gasteiger partial charge is 0.267 e. The summed E-state index contributed by atoms with van der Waals surface area (Å²) in [5.41, 5.74) is 3.03. The summed E-state index contributed by atoms with van der Waals surface area (Å²) in [6, 6.07) is 14.9. The topological polar surface area (TPSA) is 95.9 Å². The molecule has 2 aromatic carbocycles. The molecule has 2 aliphatic heterocycles. The summed E-state index contributed by atoms with van der Waals surface area (Å²) in [4.78, 5) is 38.4. The molecule has 2 aromatic rings. The van der Waals surface area contributed by atoms with Gasteiger partial charge in [-0.1, -0.05) is 36.4 Å². The van der Waals surface area contributed by atoms with E-state index in [2.05, 4.69) is 0 Å². The lowest BCUT2D eigenvalue weighted by molar-refractivity contribution is -0.137. The van der Waals surface area contributed by atoms with Crippen molar-refractivity contribution < 1.29 is 24.3 Å². The zero-order valence-corrected chi connectivity index (χ0v) is 17.2. The van der Waals surface area contributed by atoms with Crippen LogP contribution >= 0.6 is 0 Å². The van der Waals surface area contributed by atoms with Crippen LogP contribution in [0, 0.1) is 0 Å². The molecule has 0 bridgehead atoms. The van der Waals surface area contributed by atoms with E-state index in [1.165, 1.54) is 17.6 Å². The van der Waals surface area contributed by atoms with Crippen LogP contribution in [0.4, 0.5) is 0 Å². The molecule has 4 rings (SSSR count). The van der Waals surface area contributed by atoms with Gasteiger partial charge in [0.05, 0.1) is 18.0 Å². The van der Waals surface area contributed by atoms with Gasteiger partial charge in [0.15, 0.2) is 5.78 Å². The molecule has 2 unspecified atom stereocenters. The summed E-state index contributed by atoms with van der Waals surface area (Å²) in [7, 11) is 0. The van der Waals surface area contributed by atoms with Crippen molar-refractivity contribution in [2.75, 3.05) is 6.54 Å². The number of fused-ring (bicyclic) bond motifs is 1. The van der Waals surface area contributed by atoms with Crippen molar-refractivity contribution in [3.05, 3.63) is 71.3 Å². The van der Waals surface area contributed by atoms with Crippen LogP contribution in [0.15, 0.2) is 54.6 Å². The van der Waals surface area contributed by atoms with Gasteiger partial charge in [0.25, 0.3) is 5.91 Å². The zero-order valence-electron chi connectivity index (χ0n) is 17.2. The van der Waals surface area contributed by atoms with Gasteiger partial charge >= 0.3 is 0 Å². The van der Waals surface area contributed by atoms with Gasteiger partial charge in [-0.15, -0.1) is 0 Å². The van der Waals surface area contributed by atoms with Crippen molar-refractivity contribution >= 4 is 23.7 Å². The SMILES string of the molecule is CC(=O)N1CCC2(CC(=O)c3cc(/C=C/C(=O)NO)ccc3O2)CC1c1ccccc1. The monoisotopic (exact) mass is 420 g/mol. The van der Waals surface area contributed by atoms with Crippen molar-refractivity contribution in [1.29, 1.82) is 0 Å². The number of rotatable bonds is 3. The number of ketones is 1. The minimum Gasteiger partial charge on any atom is -0.486 e. The Labute approximate surface area is 180 Å². The highest BCUT2D eigenvalue weighted by atomic mass is 16.5. The molecule has 7 nitrogen and oxygen atoms in total. The molecule has 0 saturated carbocycles. The Bertz CT molecular complexity index is 1050. The molecule has 0 aliphatic carbocycles. The van der Waals surface area contributed by atoms with Crippen LogP contribution < -0.4 is 10.2 Å². The molecule has 0 aromatic heterocycles. The van der Waals surface area contributed by atoms with E-state index < -0.39 is 11.5 Å². The highest BCUT2D eigenvalue weighted by Gasteiger charge is 2.47. The molecule has 1 saturated heterocycles. The number of benzene rings is 2. The third-order valence-electron chi connectivity index (χ3n) is 5.99. The summed E-state index contributed by atoms with van der Waals surface area (Å²) in [5, 5.41) is 8.59. The normalized spacial score (nSPS) is 22.8. The molecule has 1 spiro atoms. The maximum Gasteiger partial charge on any atom is 0.267 e. The summed E-state index contributed by atoms with van der Waals surface area (Å²) in [6.07, 6.45) is 4.05. The number of amides is 2. The lowest BCUT2D eigenvalue weighted by Crippen LogP contribution is -2.53. The molecule has 7 heteroatoms. The minimum atomic E-state index is -0.662. The number of hydrogen-bond donors (Lipinski definition) is 2. The van der Waals surface area contributed by atoms with E-state index in [9.17, 15) is 14.4 Å². The largest absolute Gasteiger partial charge is 0.486 e. The second-order valence-electron chi connectivity index (χ2n) is 8.04. The van der Waals surface area contributed by atoms with Gasteiger partial charge < -0.3 is 9.64 Å². The second kappa shape index (κ2) is 8.35. The van der Waals surface area contributed by atoms with Gasteiger partial charge in [-0.2, -0.15) is 0 Å². The molecular formula is C24H24N2O5. The summed E-state index contributed by atoms with van der Waals surface area (Å²) < 4.78 is 6.41. The Kier molecular flexibility index (Phi) is 5.61. The van der Waals surface area contributed by atoms with E-state index in [0.29, 0.717) is 36.3 Å². The summed E-state index contributed by atoms with van der Waals surface area (Å²) in [6.45, 7) is 2.09. The first-order chi connectivity index (χ1) is 14.9. The average molecular weight is 420 g/mol. The van der Waals surface area contributed by atoms with Crippen LogP contribution in [-0.4, -0.2) is 39.9 Å². The molecule has 2 N–H and O–H groups in total. The van der Waals surface area contributed by atoms with Crippen LogP contribution in [0.25, 0.3) is 6.08 Å². The van der Waals surface area contributed by atoms with Crippen LogP contribution in [-0.2, 0) is 9.59 Å². The molecule has 2 aliphatic rings. The number of likely N-dealkylation sites (tertiary alicyclic amines) is 1. The quantitative estimate of drug-likeness (QED) is 0.451. The van der Waals surface area contributed by atoms with E-state index >= 15 is 0 Å². The first-order valence-electron chi connectivity index (χ1n) is 10.2. The lowest BCUT2D eigenvalue weighted by atomic mass is 9.77. The van der Waals surface area contributed by atoms with Gasteiger partial charge in [-0.05, 0) is 29.3 Å². The minimum absolute atomic E-state index is 0.00887. The van der Waals surface area contributed by atoms with Gasteiger partial charge in [-0.25, -0.2) is 5.48 Å². The van der Waals surface area contributed by atoms with Crippen LogP contribution in [0.3, 0.4) is 0 Å². The van der Waals surface area contributed by atoms with Crippen molar-refractivity contribution in [2.24, 2.45) is 0 Å². The fraction of sp³-hybridized carbons (Fsp3) is 0.292. The Morgan fingerprint density at radius 2 is 2.00 bits per heavy atom. The molecule has 2 heterocycles. The Morgan fingerprint density at radius 1 is 1.23 bits per heavy atom. The number of hydroxylamine groups is 1. The van der Waals surface area contributed by atoms with Gasteiger partial charge in [0, 0.05) is 32.4 Å². The molecule has 2 atom stereocenters. The molecule has 31 heavy (non-hydrogen) atoms. The van der Waals surface area contributed by atoms with Gasteiger partial charge in [-0.3, -0.25) is 19.6 Å². The predicted octanol–water partition coefficient (Wildman–Crippen LogP) is 3.29. The fourth-order valence-electron chi connectivity index (χ4n) is 4.47. The second-order valence-corrected chi connectivity index (χ2v) is 8.04. The number of nitrogens with zero attached hydrogens (tertiary/aromatic N) is 1. The molecular weight excluding hydrogens is 396 g/mol. The summed E-state index contributed by atoms with van der Waals surface area (Å²) >= 11 is 0. The standard InChI is InChI=1S/C24H24N2O5/c1-16(27)26-12-11-24(14-20(26)18-5-3-2-4-6-18)15-21(28)19-13-17(7-9-22(19)31-24)8-10-23(29)25-30/h2-10,13,20,30H,11-12,14-15H2,1H3,(H,25,29)/b10-8+. The highest BCUT2D eigenvalue weighted by Crippen LogP contribution is 2.45. The van der Waals surface area contributed by atoms with Gasteiger partial charge in [0.1, 0.15) is 11.4 Å². The Hall–Kier alpha value is -3.45. The molecule has 1 fully saturated rings. The first-order valence-corrected chi connectivity index (χ1v) is 10.2. The maximum atomic E-state index is 13.1. The number of Topliss-reactive ketones (excluding diaryl/α,β-unsaturated/α-hetero) is 1. The summed E-state index contributed by atoms with van der Waals surface area (Å²) in [5.74, 6) is -0.146. The van der Waals surface area contributed by atoms with Crippen molar-refractivity contribution in [2.45, 2.75) is 37.8 Å². The molecule has 2 amide bonds. The van der Waals surface area contributed by atoms with Crippen molar-refractivity contribution in [3.8, 4) is 5.75 Å². The number of nitrogens with one attached hydrogen (secondary N) is 1. The van der Waals surface area contributed by atoms with E-state index in [0.717, 1.165) is 5.56 Å². The van der Waals surface area contributed by atoms with Crippen LogP contribution in [0.2, 0.25) is 0 Å². The number of carbonyl (C=O) groups excluding carboxylic acids is 3. The third-order valence-corrected chi connectivity index (χ3v) is 5.99. The third kappa shape index (κ3) is 4.22. The number of carbonyl (C=O) groups is 3. The van der Waals surface area contributed by atoms with Gasteiger partial charge in [0.2, 0.25) is 5.91 Å². The molecule has 0 radical (unpaired) electrons. The molecule has 160 valence electrons. The lowest BCUT2D eigenvalue weighted by Gasteiger charge is -2.48. The van der Waals surface area contributed by atoms with Crippen molar-refractivity contribution in [1.82, 2.24) is 10.4 Å². The average Bonchev–Trinajstić information content (AvgIpc) is 2.78. The Morgan fingerprint density at radius 3 is 2.71 bits per heavy atom. The maximum absolute atomic E-state index is 13.1. The van der Waals surface area contributed by atoms with E-state index in [4.69, 9.17) is 9.94 Å². The van der Waals surface area contributed by atoms with Crippen LogP contribution in [0.5, 0.6) is 5.75 Å². The number of piperidine rings is 1. The van der Waals surface area contributed by atoms with Crippen LogP contribution in [0.1, 0.15) is 53.7 Å². The van der Waals surface area contributed by atoms with E-state index in [-0.39, 0.29) is 24.2 Å².